The third-order valence-corrected chi connectivity index (χ3v) is 14.7. The number of nitrogens with one attached hydrogen (secondary N) is 3. The first-order valence-electron chi connectivity index (χ1n) is 25.2. The van der Waals surface area contributed by atoms with E-state index < -0.39 is 17.5 Å². The van der Waals surface area contributed by atoms with Crippen molar-refractivity contribution >= 4 is 78.7 Å². The first-order valence-corrected chi connectivity index (χ1v) is 26.0. The number of carbonyl (C=O) groups is 5. The van der Waals surface area contributed by atoms with Gasteiger partial charge in [-0.15, -0.1) is 0 Å². The number of esters is 1. The van der Waals surface area contributed by atoms with E-state index in [-0.39, 0.29) is 42.3 Å². The van der Waals surface area contributed by atoms with E-state index in [1.807, 2.05) is 113 Å². The Bertz CT molecular complexity index is 3280. The molecule has 1 atom stereocenters. The highest BCUT2D eigenvalue weighted by atomic mass is 32.1. The van der Waals surface area contributed by atoms with Crippen LogP contribution in [-0.4, -0.2) is 117 Å². The van der Waals surface area contributed by atoms with Gasteiger partial charge in [-0.05, 0) is 130 Å². The Balaban J connectivity index is 0.723. The second kappa shape index (κ2) is 21.1. The average Bonchev–Trinajstić information content (AvgIpc) is 3.94. The van der Waals surface area contributed by atoms with E-state index in [9.17, 15) is 24.0 Å². The van der Waals surface area contributed by atoms with E-state index in [4.69, 9.17) is 14.5 Å². The van der Waals surface area contributed by atoms with Crippen LogP contribution in [0.4, 0.5) is 16.6 Å². The van der Waals surface area contributed by atoms with Crippen LogP contribution in [0.5, 0.6) is 5.75 Å². The van der Waals surface area contributed by atoms with E-state index in [0.717, 1.165) is 88.3 Å². The molecule has 1 unspecified atom stereocenters. The van der Waals surface area contributed by atoms with Crippen molar-refractivity contribution in [2.45, 2.75) is 71.4 Å². The maximum absolute atomic E-state index is 14.0. The Morgan fingerprint density at radius 1 is 0.851 bits per heavy atom. The third-order valence-electron chi connectivity index (χ3n) is 13.8. The number of hydrogen-bond acceptors (Lipinski definition) is 14. The molecular formula is C56H60N10O7S. The molecule has 18 heteroatoms. The zero-order valence-corrected chi connectivity index (χ0v) is 43.1. The number of anilines is 3. The Labute approximate surface area is 433 Å². The van der Waals surface area contributed by atoms with Gasteiger partial charge < -0.3 is 24.6 Å². The van der Waals surface area contributed by atoms with Crippen molar-refractivity contribution in [2.24, 2.45) is 7.05 Å². The van der Waals surface area contributed by atoms with Crippen molar-refractivity contribution in [3.8, 4) is 16.9 Å². The second-order valence-corrected chi connectivity index (χ2v) is 21.2. The zero-order valence-electron chi connectivity index (χ0n) is 42.3. The molecule has 3 aliphatic heterocycles. The van der Waals surface area contributed by atoms with Crippen molar-refractivity contribution in [3.05, 3.63) is 125 Å². The molecule has 7 aromatic rings. The van der Waals surface area contributed by atoms with Crippen LogP contribution >= 0.6 is 11.3 Å². The monoisotopic (exact) mass is 1020 g/mol. The molecule has 2 fully saturated rings. The molecule has 0 aliphatic carbocycles. The van der Waals surface area contributed by atoms with Crippen molar-refractivity contribution in [1.29, 1.82) is 0 Å². The molecule has 0 spiro atoms. The Morgan fingerprint density at radius 3 is 2.43 bits per heavy atom. The maximum Gasteiger partial charge on any atom is 0.358 e. The molecule has 3 aromatic heterocycles. The molecule has 10 rings (SSSR count). The highest BCUT2D eigenvalue weighted by Gasteiger charge is 2.32. The van der Waals surface area contributed by atoms with Crippen LogP contribution in [0.25, 0.3) is 32.2 Å². The SMILES string of the molecule is Cc1cc(OCCCN2CCN(CC(=O)Nc3ccc4c(C5CCC(=O)NC5=O)nn(C)c4c3)CC2)ccc1-c1ccc(N2CCc3cccc(C(=O)Nc4nc5ccccc5s4)c3C2)nc1C(=O)OC(C)(C)C. The van der Waals surface area contributed by atoms with Crippen LogP contribution in [0, 0.1) is 6.92 Å². The van der Waals surface area contributed by atoms with Crippen molar-refractivity contribution < 1.29 is 33.4 Å². The predicted octanol–water partition coefficient (Wildman–Crippen LogP) is 7.87. The lowest BCUT2D eigenvalue weighted by atomic mass is 9.93. The fourth-order valence-electron chi connectivity index (χ4n) is 10.1. The van der Waals surface area contributed by atoms with Crippen molar-refractivity contribution in [3.63, 3.8) is 0 Å². The van der Waals surface area contributed by atoms with Gasteiger partial charge in [-0.3, -0.25) is 39.4 Å². The number of hydrogen-bond donors (Lipinski definition) is 3. The van der Waals surface area contributed by atoms with Crippen LogP contribution in [0.1, 0.15) is 89.2 Å². The van der Waals surface area contributed by atoms with Crippen molar-refractivity contribution in [2.75, 3.05) is 68.0 Å². The molecular weight excluding hydrogens is 957 g/mol. The minimum absolute atomic E-state index is 0.0987. The second-order valence-electron chi connectivity index (χ2n) is 20.2. The summed E-state index contributed by atoms with van der Waals surface area (Å²) in [5, 5.41) is 14.4. The lowest BCUT2D eigenvalue weighted by Gasteiger charge is -2.34. The number of imide groups is 1. The summed E-state index contributed by atoms with van der Waals surface area (Å²) in [7, 11) is 1.81. The molecule has 4 aromatic carbocycles. The molecule has 0 saturated carbocycles. The topological polar surface area (TPSA) is 193 Å². The number of para-hydroxylation sites is 1. The van der Waals surface area contributed by atoms with Crippen LogP contribution in [-0.2, 0) is 39.1 Å². The first kappa shape index (κ1) is 50.0. The van der Waals surface area contributed by atoms with Gasteiger partial charge in [0.1, 0.15) is 17.2 Å². The van der Waals surface area contributed by atoms with Gasteiger partial charge in [-0.25, -0.2) is 14.8 Å². The average molecular weight is 1020 g/mol. The molecule has 74 heavy (non-hydrogen) atoms. The molecule has 0 radical (unpaired) electrons. The summed E-state index contributed by atoms with van der Waals surface area (Å²) in [4.78, 5) is 81.3. The van der Waals surface area contributed by atoms with E-state index in [1.165, 1.54) is 11.3 Å². The quantitative estimate of drug-likeness (QED) is 0.0542. The summed E-state index contributed by atoms with van der Waals surface area (Å²) < 4.78 is 14.9. The minimum Gasteiger partial charge on any atom is -0.494 e. The summed E-state index contributed by atoms with van der Waals surface area (Å²) in [5.41, 5.74) is 7.42. The predicted molar refractivity (Wildman–Crippen MR) is 286 cm³/mol. The molecule has 382 valence electrons. The molecule has 17 nitrogen and oxygen atoms in total. The number of aromatic nitrogens is 4. The minimum atomic E-state index is -0.743. The zero-order chi connectivity index (χ0) is 51.7. The van der Waals surface area contributed by atoms with Gasteiger partial charge in [-0.2, -0.15) is 5.10 Å². The number of benzene rings is 4. The number of ether oxygens (including phenoxy) is 2. The lowest BCUT2D eigenvalue weighted by molar-refractivity contribution is -0.134. The number of pyridine rings is 1. The molecule has 6 heterocycles. The fraction of sp³-hybridized carbons (Fsp3) is 0.357. The number of fused-ring (bicyclic) bond motifs is 3. The number of nitrogens with zero attached hydrogens (tertiary/aromatic N) is 7. The maximum atomic E-state index is 14.0. The highest BCUT2D eigenvalue weighted by molar-refractivity contribution is 7.22. The number of rotatable bonds is 14. The number of thiazole rings is 1. The van der Waals surface area contributed by atoms with Crippen LogP contribution in [0.15, 0.2) is 91.0 Å². The number of carbonyl (C=O) groups excluding carboxylic acids is 5. The van der Waals surface area contributed by atoms with Gasteiger partial charge in [0.25, 0.3) is 5.91 Å². The van der Waals surface area contributed by atoms with Gasteiger partial charge >= 0.3 is 5.97 Å². The van der Waals surface area contributed by atoms with E-state index in [0.29, 0.717) is 66.0 Å². The summed E-state index contributed by atoms with van der Waals surface area (Å²) in [6.07, 6.45) is 2.22. The largest absolute Gasteiger partial charge is 0.494 e. The third kappa shape index (κ3) is 11.2. The van der Waals surface area contributed by atoms with Crippen LogP contribution in [0.3, 0.4) is 0 Å². The molecule has 3 aliphatic rings. The first-order chi connectivity index (χ1) is 35.6. The standard InChI is InChI=1S/C56H60N10O7S/c1-34-30-37(72-29-9-23-64-25-27-65(28-26-64)33-49(68)57-36-14-16-41-45(31-36)63(5)62-50(41)42-19-21-48(67)60-53(42)70)15-17-38(34)39-18-20-47(59-51(39)54(71)73-56(2,3)4)66-24-22-35-10-8-11-40(43(35)32-66)52(69)61-55-58-44-12-6-7-13-46(44)74-55/h6-8,10-18,20,30-31,42H,9,19,21-29,32-33H2,1-5H3,(H,57,68)(H,58,61,69)(H,60,67,70). The number of amides is 4. The van der Waals surface area contributed by atoms with Gasteiger partial charge in [0.2, 0.25) is 17.7 Å². The molecule has 3 N–H and O–H groups in total. The highest BCUT2D eigenvalue weighted by Crippen LogP contribution is 2.35. The van der Waals surface area contributed by atoms with Crippen LogP contribution < -0.4 is 25.6 Å². The fourth-order valence-corrected chi connectivity index (χ4v) is 10.9. The summed E-state index contributed by atoms with van der Waals surface area (Å²) in [6, 6.07) is 28.9. The van der Waals surface area contributed by atoms with Gasteiger partial charge in [0.15, 0.2) is 10.8 Å². The van der Waals surface area contributed by atoms with E-state index >= 15 is 0 Å². The van der Waals surface area contributed by atoms with E-state index in [2.05, 4.69) is 46.8 Å². The van der Waals surface area contributed by atoms with Crippen LogP contribution in [0.2, 0.25) is 0 Å². The number of aryl methyl sites for hydroxylation is 2. The summed E-state index contributed by atoms with van der Waals surface area (Å²) in [6.45, 7) is 13.5. The smallest absolute Gasteiger partial charge is 0.358 e. The number of piperazine rings is 1. The molecule has 4 amide bonds. The Hall–Kier alpha value is -7.54. The van der Waals surface area contributed by atoms with Gasteiger partial charge in [0.05, 0.1) is 40.5 Å². The van der Waals surface area contributed by atoms with E-state index in [1.54, 1.807) is 11.7 Å². The lowest BCUT2D eigenvalue weighted by Crippen LogP contribution is -2.48. The van der Waals surface area contributed by atoms with Gasteiger partial charge in [-0.1, -0.05) is 41.7 Å². The Morgan fingerprint density at radius 2 is 1.65 bits per heavy atom. The Kier molecular flexibility index (Phi) is 14.3. The summed E-state index contributed by atoms with van der Waals surface area (Å²) >= 11 is 1.44. The van der Waals surface area contributed by atoms with Gasteiger partial charge in [0, 0.05) is 81.5 Å². The number of piperidine rings is 1. The molecule has 2 saturated heterocycles. The summed E-state index contributed by atoms with van der Waals surface area (Å²) in [5.74, 6) is -0.571. The normalized spacial score (nSPS) is 16.5. The van der Waals surface area contributed by atoms with Crippen molar-refractivity contribution in [1.82, 2.24) is 34.9 Å². The molecule has 0 bridgehead atoms.